The number of hydrogen-bond acceptors (Lipinski definition) is 9. The Kier molecular flexibility index (Phi) is 7.22. The number of aromatic nitrogens is 1. The molecule has 0 saturated carbocycles. The van der Waals surface area contributed by atoms with Crippen LogP contribution in [0, 0.1) is 10.1 Å². The lowest BCUT2D eigenvalue weighted by atomic mass is 9.90. The van der Waals surface area contributed by atoms with Crippen molar-refractivity contribution in [2.45, 2.75) is 19.9 Å². The van der Waals surface area contributed by atoms with Gasteiger partial charge < -0.3 is 14.2 Å². The lowest BCUT2D eigenvalue weighted by Crippen LogP contribution is -2.40. The monoisotopic (exact) mass is 559 g/mol. The third-order valence-electron chi connectivity index (χ3n) is 6.65. The Morgan fingerprint density at radius 3 is 2.55 bits per heavy atom. The number of esters is 1. The van der Waals surface area contributed by atoms with Gasteiger partial charge in [0.2, 0.25) is 0 Å². The van der Waals surface area contributed by atoms with Gasteiger partial charge in [-0.05, 0) is 42.8 Å². The van der Waals surface area contributed by atoms with Crippen molar-refractivity contribution in [3.05, 3.63) is 107 Å². The van der Waals surface area contributed by atoms with Gasteiger partial charge >= 0.3 is 5.97 Å². The zero-order valence-corrected chi connectivity index (χ0v) is 23.0. The van der Waals surface area contributed by atoms with Crippen LogP contribution in [0.4, 0.5) is 5.69 Å². The Bertz CT molecular complexity index is 1890. The second-order valence-corrected chi connectivity index (χ2v) is 9.90. The van der Waals surface area contributed by atoms with Crippen molar-refractivity contribution in [1.29, 1.82) is 0 Å². The Balaban J connectivity index is 1.85. The van der Waals surface area contributed by atoms with E-state index in [0.717, 1.165) is 22.1 Å². The summed E-state index contributed by atoms with van der Waals surface area (Å²) in [6.07, 6.45) is 1.54. The first-order valence-corrected chi connectivity index (χ1v) is 13.2. The molecular weight excluding hydrogens is 534 g/mol. The molecule has 0 saturated heterocycles. The fourth-order valence-electron chi connectivity index (χ4n) is 4.89. The maximum atomic E-state index is 14.1. The Labute approximate surface area is 232 Å². The number of carbonyl (C=O) groups excluding carboxylic acids is 1. The number of nitro groups is 1. The minimum Gasteiger partial charge on any atom is -0.496 e. The summed E-state index contributed by atoms with van der Waals surface area (Å²) >= 11 is 1.11. The number of benzene rings is 3. The smallest absolute Gasteiger partial charge is 0.338 e. The van der Waals surface area contributed by atoms with Gasteiger partial charge in [-0.15, -0.1) is 0 Å². The van der Waals surface area contributed by atoms with E-state index in [1.165, 1.54) is 43.1 Å². The van der Waals surface area contributed by atoms with Crippen LogP contribution in [0.2, 0.25) is 0 Å². The van der Waals surface area contributed by atoms with Gasteiger partial charge in [0.1, 0.15) is 17.5 Å². The molecule has 0 amide bonds. The second kappa shape index (κ2) is 10.8. The first kappa shape index (κ1) is 26.8. The summed E-state index contributed by atoms with van der Waals surface area (Å²) in [7, 11) is 2.98. The molecule has 1 atom stereocenters. The van der Waals surface area contributed by atoms with Gasteiger partial charge in [0.15, 0.2) is 4.80 Å². The van der Waals surface area contributed by atoms with E-state index >= 15 is 0 Å². The van der Waals surface area contributed by atoms with E-state index in [1.807, 2.05) is 30.3 Å². The van der Waals surface area contributed by atoms with Crippen molar-refractivity contribution in [3.63, 3.8) is 0 Å². The van der Waals surface area contributed by atoms with Gasteiger partial charge in [0.05, 0.1) is 41.6 Å². The van der Waals surface area contributed by atoms with E-state index in [4.69, 9.17) is 14.2 Å². The topological polar surface area (TPSA) is 122 Å². The van der Waals surface area contributed by atoms with Crippen LogP contribution in [-0.4, -0.2) is 36.3 Å². The molecule has 0 aliphatic carbocycles. The van der Waals surface area contributed by atoms with Crippen LogP contribution >= 0.6 is 11.3 Å². The predicted octanol–water partition coefficient (Wildman–Crippen LogP) is 3.88. The van der Waals surface area contributed by atoms with E-state index in [0.29, 0.717) is 33.1 Å². The number of ether oxygens (including phenoxy) is 3. The summed E-state index contributed by atoms with van der Waals surface area (Å²) in [6, 6.07) is 14.6. The summed E-state index contributed by atoms with van der Waals surface area (Å²) in [6.45, 7) is 3.56. The number of fused-ring (bicyclic) bond motifs is 2. The maximum absolute atomic E-state index is 14.1. The molecule has 0 unspecified atom stereocenters. The average Bonchev–Trinajstić information content (AvgIpc) is 3.25. The summed E-state index contributed by atoms with van der Waals surface area (Å²) < 4.78 is 18.3. The van der Waals surface area contributed by atoms with Crippen LogP contribution in [0.15, 0.2) is 75.7 Å². The molecule has 204 valence electrons. The predicted molar refractivity (Wildman–Crippen MR) is 151 cm³/mol. The molecular formula is C29H25N3O7S. The van der Waals surface area contributed by atoms with Crippen molar-refractivity contribution in [3.8, 4) is 11.5 Å². The molecule has 4 aromatic rings. The van der Waals surface area contributed by atoms with Crippen LogP contribution in [-0.2, 0) is 9.53 Å². The largest absolute Gasteiger partial charge is 0.496 e. The number of methoxy groups -OCH3 is 2. The van der Waals surface area contributed by atoms with E-state index in [9.17, 15) is 19.7 Å². The number of nitrogens with zero attached hydrogens (tertiary/aromatic N) is 3. The van der Waals surface area contributed by atoms with Crippen molar-refractivity contribution >= 4 is 39.8 Å². The van der Waals surface area contributed by atoms with E-state index < -0.39 is 22.5 Å². The molecule has 11 heteroatoms. The SMILES string of the molecule is CCOC(=O)C1=C(C)N=c2s/c(=C/c3cc([N+](=O)[O-])ccc3OC)c(=O)n2[C@@H]1c1c(OC)ccc2ccccc12. The zero-order valence-electron chi connectivity index (χ0n) is 22.2. The van der Waals surface area contributed by atoms with Crippen molar-refractivity contribution in [1.82, 2.24) is 4.57 Å². The maximum Gasteiger partial charge on any atom is 0.338 e. The van der Waals surface area contributed by atoms with Crippen molar-refractivity contribution in [2.75, 3.05) is 20.8 Å². The fraction of sp³-hybridized carbons (Fsp3) is 0.207. The van der Waals surface area contributed by atoms with Gasteiger partial charge in [0, 0.05) is 23.3 Å². The molecule has 3 aromatic carbocycles. The van der Waals surface area contributed by atoms with Gasteiger partial charge in [-0.1, -0.05) is 41.7 Å². The highest BCUT2D eigenvalue weighted by atomic mass is 32.1. The van der Waals surface area contributed by atoms with Crippen LogP contribution in [0.5, 0.6) is 11.5 Å². The van der Waals surface area contributed by atoms with E-state index in [-0.39, 0.29) is 22.4 Å². The molecule has 0 fully saturated rings. The average molecular weight is 560 g/mol. The molecule has 0 bridgehead atoms. The lowest BCUT2D eigenvalue weighted by molar-refractivity contribution is -0.384. The minimum absolute atomic E-state index is 0.140. The Morgan fingerprint density at radius 2 is 1.85 bits per heavy atom. The molecule has 5 rings (SSSR count). The van der Waals surface area contributed by atoms with Crippen LogP contribution in [0.3, 0.4) is 0 Å². The molecule has 40 heavy (non-hydrogen) atoms. The molecule has 0 spiro atoms. The first-order chi connectivity index (χ1) is 19.3. The zero-order chi connectivity index (χ0) is 28.6. The van der Waals surface area contributed by atoms with Crippen molar-refractivity contribution in [2.24, 2.45) is 4.99 Å². The summed E-state index contributed by atoms with van der Waals surface area (Å²) in [4.78, 5) is 43.3. The number of thiazole rings is 1. The Morgan fingerprint density at radius 1 is 1.12 bits per heavy atom. The normalized spacial score (nSPS) is 15.0. The van der Waals surface area contributed by atoms with Gasteiger partial charge in [-0.2, -0.15) is 0 Å². The van der Waals surface area contributed by atoms with Gasteiger partial charge in [-0.3, -0.25) is 19.5 Å². The lowest BCUT2D eigenvalue weighted by Gasteiger charge is -2.27. The van der Waals surface area contributed by atoms with Crippen LogP contribution in [0.25, 0.3) is 16.8 Å². The van der Waals surface area contributed by atoms with E-state index in [1.54, 1.807) is 19.9 Å². The summed E-state index contributed by atoms with van der Waals surface area (Å²) in [5.41, 5.74) is 1.06. The number of allylic oxidation sites excluding steroid dienone is 1. The number of carbonyl (C=O) groups is 1. The highest BCUT2D eigenvalue weighted by Crippen LogP contribution is 2.40. The van der Waals surface area contributed by atoms with Crippen LogP contribution in [0.1, 0.15) is 31.0 Å². The molecule has 0 radical (unpaired) electrons. The second-order valence-electron chi connectivity index (χ2n) is 8.89. The molecule has 2 heterocycles. The minimum atomic E-state index is -0.898. The molecule has 1 aromatic heterocycles. The third-order valence-corrected chi connectivity index (χ3v) is 7.63. The molecule has 1 aliphatic rings. The number of nitro benzene ring substituents is 1. The fourth-order valence-corrected chi connectivity index (χ4v) is 5.93. The molecule has 1 aliphatic heterocycles. The van der Waals surface area contributed by atoms with E-state index in [2.05, 4.69) is 4.99 Å². The first-order valence-electron chi connectivity index (χ1n) is 12.4. The van der Waals surface area contributed by atoms with Gasteiger partial charge in [0.25, 0.3) is 11.2 Å². The quantitative estimate of drug-likeness (QED) is 0.191. The number of hydrogen-bond donors (Lipinski definition) is 0. The highest BCUT2D eigenvalue weighted by Gasteiger charge is 2.36. The van der Waals surface area contributed by atoms with Crippen LogP contribution < -0.4 is 24.4 Å². The molecule has 0 N–H and O–H groups in total. The summed E-state index contributed by atoms with van der Waals surface area (Å²) in [5, 5.41) is 13.1. The summed E-state index contributed by atoms with van der Waals surface area (Å²) in [5.74, 6) is 0.278. The number of rotatable bonds is 7. The highest BCUT2D eigenvalue weighted by molar-refractivity contribution is 7.07. The third kappa shape index (κ3) is 4.54. The van der Waals surface area contributed by atoms with Gasteiger partial charge in [-0.25, -0.2) is 9.79 Å². The number of non-ortho nitro benzene ring substituents is 1. The van der Waals surface area contributed by atoms with Crippen molar-refractivity contribution < 1.29 is 23.9 Å². The standard InChI is InChI=1S/C29H25N3O7S/c1-5-39-28(34)24-16(2)30-29-31(26(24)25-20-9-7-6-8-17(20)10-12-22(25)38-4)27(33)23(40-29)15-18-14-19(32(35)36)11-13-21(18)37-3/h6-15,26H,5H2,1-4H3/b23-15+/t26-/m0/s1. The Hall–Kier alpha value is -4.77. The molecule has 10 nitrogen and oxygen atoms in total.